The second-order valence-corrected chi connectivity index (χ2v) is 8.23. The summed E-state index contributed by atoms with van der Waals surface area (Å²) in [5, 5.41) is 3.01. The van der Waals surface area contributed by atoms with Gasteiger partial charge in [0.2, 0.25) is 0 Å². The monoisotopic (exact) mass is 416 g/mol. The average molecular weight is 417 g/mol. The molecule has 0 saturated carbocycles. The Morgan fingerprint density at radius 2 is 2.13 bits per heavy atom. The summed E-state index contributed by atoms with van der Waals surface area (Å²) >= 11 is 0. The lowest BCUT2D eigenvalue weighted by atomic mass is 9.76. The quantitative estimate of drug-likeness (QED) is 0.405. The molecule has 0 radical (unpaired) electrons. The molecule has 0 spiro atoms. The number of allylic oxidation sites excluding steroid dienone is 5. The zero-order chi connectivity index (χ0) is 22.1. The summed E-state index contributed by atoms with van der Waals surface area (Å²) in [6, 6.07) is 0.495. The van der Waals surface area contributed by atoms with Gasteiger partial charge in [0.05, 0.1) is 13.4 Å². The van der Waals surface area contributed by atoms with Crippen molar-refractivity contribution < 1.29 is 13.9 Å². The van der Waals surface area contributed by atoms with Gasteiger partial charge in [-0.2, -0.15) is 0 Å². The fraction of sp³-hybridized carbons (Fsp3) is 0.560. The zero-order valence-electron chi connectivity index (χ0n) is 19.0. The van der Waals surface area contributed by atoms with Crippen LogP contribution in [0.2, 0.25) is 0 Å². The smallest absolute Gasteiger partial charge is 0.251 e. The van der Waals surface area contributed by atoms with Gasteiger partial charge in [-0.05, 0) is 55.4 Å². The Bertz CT molecular complexity index is 729. The molecule has 3 atom stereocenters. The van der Waals surface area contributed by atoms with Crippen LogP contribution in [-0.2, 0) is 9.53 Å². The highest BCUT2D eigenvalue weighted by Gasteiger charge is 2.38. The molecule has 0 aromatic rings. The van der Waals surface area contributed by atoms with E-state index in [9.17, 15) is 9.18 Å². The minimum atomic E-state index is -0.153. The van der Waals surface area contributed by atoms with Crippen LogP contribution in [0.5, 0.6) is 0 Å². The predicted octanol–water partition coefficient (Wildman–Crippen LogP) is 4.93. The molecular formula is C25H37FN2O2. The number of amides is 1. The lowest BCUT2D eigenvalue weighted by Crippen LogP contribution is -2.57. The largest absolute Gasteiger partial charge is 0.497 e. The van der Waals surface area contributed by atoms with Gasteiger partial charge in [0, 0.05) is 37.2 Å². The first kappa shape index (κ1) is 24.1. The SMILES string of the molecule is CC/C=C/C(=C\C=C\F)C(=O)NCC1CN(C(CC)C2C=CC(OC)=C(C)C2C)C1. The maximum absolute atomic E-state index is 12.4. The molecule has 1 saturated heterocycles. The number of halogens is 1. The lowest BCUT2D eigenvalue weighted by Gasteiger charge is -2.48. The Hall–Kier alpha value is -2.14. The van der Waals surface area contributed by atoms with Crippen LogP contribution in [0.15, 0.2) is 59.7 Å². The summed E-state index contributed by atoms with van der Waals surface area (Å²) in [7, 11) is 1.73. The van der Waals surface area contributed by atoms with Crippen molar-refractivity contribution in [3.8, 4) is 0 Å². The highest BCUT2D eigenvalue weighted by molar-refractivity contribution is 5.96. The van der Waals surface area contributed by atoms with Crippen LogP contribution in [0.4, 0.5) is 4.39 Å². The third kappa shape index (κ3) is 5.94. The molecule has 2 rings (SSSR count). The third-order valence-corrected chi connectivity index (χ3v) is 6.35. The fourth-order valence-electron chi connectivity index (χ4n) is 4.41. The molecular weight excluding hydrogens is 379 g/mol. The van der Waals surface area contributed by atoms with Gasteiger partial charge in [-0.25, -0.2) is 4.39 Å². The van der Waals surface area contributed by atoms with Gasteiger partial charge < -0.3 is 10.1 Å². The fourth-order valence-corrected chi connectivity index (χ4v) is 4.41. The van der Waals surface area contributed by atoms with Gasteiger partial charge >= 0.3 is 0 Å². The van der Waals surface area contributed by atoms with Crippen molar-refractivity contribution in [1.82, 2.24) is 10.2 Å². The van der Waals surface area contributed by atoms with Crippen molar-refractivity contribution >= 4 is 5.91 Å². The zero-order valence-corrected chi connectivity index (χ0v) is 19.0. The van der Waals surface area contributed by atoms with Crippen molar-refractivity contribution in [1.29, 1.82) is 0 Å². The number of rotatable bonds is 10. The summed E-state index contributed by atoms with van der Waals surface area (Å²) < 4.78 is 17.8. The van der Waals surface area contributed by atoms with E-state index in [-0.39, 0.29) is 5.91 Å². The van der Waals surface area contributed by atoms with Crippen LogP contribution < -0.4 is 5.32 Å². The van der Waals surface area contributed by atoms with E-state index in [4.69, 9.17) is 4.74 Å². The lowest BCUT2D eigenvalue weighted by molar-refractivity contribution is -0.117. The molecule has 1 heterocycles. The molecule has 0 aromatic heterocycles. The van der Waals surface area contributed by atoms with Crippen LogP contribution in [0.1, 0.15) is 40.5 Å². The van der Waals surface area contributed by atoms with Crippen molar-refractivity contribution in [2.45, 2.75) is 46.6 Å². The predicted molar refractivity (Wildman–Crippen MR) is 121 cm³/mol. The number of hydrogen-bond donors (Lipinski definition) is 1. The van der Waals surface area contributed by atoms with Gasteiger partial charge in [-0.15, -0.1) is 0 Å². The van der Waals surface area contributed by atoms with E-state index in [0.29, 0.717) is 42.2 Å². The Kier molecular flexibility index (Phi) is 9.57. The van der Waals surface area contributed by atoms with E-state index >= 15 is 0 Å². The number of carbonyl (C=O) groups excluding carboxylic acids is 1. The van der Waals surface area contributed by atoms with Gasteiger partial charge in [-0.3, -0.25) is 9.69 Å². The molecule has 4 nitrogen and oxygen atoms in total. The van der Waals surface area contributed by atoms with Crippen LogP contribution in [0.25, 0.3) is 0 Å². The van der Waals surface area contributed by atoms with Gasteiger partial charge in [0.25, 0.3) is 5.91 Å². The van der Waals surface area contributed by atoms with E-state index in [1.165, 1.54) is 17.7 Å². The molecule has 1 fully saturated rings. The molecule has 1 amide bonds. The Morgan fingerprint density at radius 1 is 1.40 bits per heavy atom. The molecule has 5 heteroatoms. The van der Waals surface area contributed by atoms with Crippen LogP contribution in [-0.4, -0.2) is 43.6 Å². The van der Waals surface area contributed by atoms with Gasteiger partial charge in [-0.1, -0.05) is 39.0 Å². The third-order valence-electron chi connectivity index (χ3n) is 6.35. The van der Waals surface area contributed by atoms with Gasteiger partial charge in [0.15, 0.2) is 0 Å². The topological polar surface area (TPSA) is 41.6 Å². The van der Waals surface area contributed by atoms with Crippen molar-refractivity contribution in [2.75, 3.05) is 26.7 Å². The Balaban J connectivity index is 1.88. The Labute approximate surface area is 181 Å². The molecule has 1 aliphatic heterocycles. The summed E-state index contributed by atoms with van der Waals surface area (Å²) in [6.45, 7) is 11.3. The second-order valence-electron chi connectivity index (χ2n) is 8.23. The number of ether oxygens (including phenoxy) is 1. The average Bonchev–Trinajstić information content (AvgIpc) is 2.72. The summed E-state index contributed by atoms with van der Waals surface area (Å²) in [5.74, 6) is 2.22. The normalized spacial score (nSPS) is 24.5. The van der Waals surface area contributed by atoms with E-state index in [2.05, 4.69) is 43.1 Å². The van der Waals surface area contributed by atoms with E-state index in [0.717, 1.165) is 31.7 Å². The summed E-state index contributed by atoms with van der Waals surface area (Å²) in [4.78, 5) is 15.0. The maximum atomic E-state index is 12.4. The number of nitrogens with one attached hydrogen (secondary N) is 1. The van der Waals surface area contributed by atoms with Crippen LogP contribution in [0.3, 0.4) is 0 Å². The molecule has 3 unspecified atom stereocenters. The van der Waals surface area contributed by atoms with Gasteiger partial charge in [0.1, 0.15) is 5.76 Å². The number of hydrogen-bond acceptors (Lipinski definition) is 3. The molecule has 30 heavy (non-hydrogen) atoms. The minimum Gasteiger partial charge on any atom is -0.497 e. The summed E-state index contributed by atoms with van der Waals surface area (Å²) in [6.07, 6.45) is 13.2. The first-order chi connectivity index (χ1) is 14.5. The van der Waals surface area contributed by atoms with Crippen LogP contribution in [0, 0.1) is 17.8 Å². The number of nitrogens with zero attached hydrogens (tertiary/aromatic N) is 1. The van der Waals surface area contributed by atoms with Crippen molar-refractivity contribution in [3.63, 3.8) is 0 Å². The maximum Gasteiger partial charge on any atom is 0.251 e. The highest BCUT2D eigenvalue weighted by atomic mass is 19.1. The minimum absolute atomic E-state index is 0.153. The molecule has 2 aliphatic rings. The first-order valence-corrected chi connectivity index (χ1v) is 11.0. The van der Waals surface area contributed by atoms with E-state index < -0.39 is 0 Å². The standard InChI is InChI=1S/C25H37FN2O2/c1-6-8-10-21(11-9-14-26)25(29)27-15-20-16-28(17-20)23(7-2)22-12-13-24(30-5)19(4)18(22)3/h8-14,18,20,22-23H,6-7,15-17H2,1-5H3,(H,27,29)/b10-8+,14-9+,21-11+. The van der Waals surface area contributed by atoms with Crippen molar-refractivity contribution in [3.05, 3.63) is 59.7 Å². The number of methoxy groups -OCH3 is 1. The Morgan fingerprint density at radius 3 is 2.73 bits per heavy atom. The summed E-state index contributed by atoms with van der Waals surface area (Å²) in [5.41, 5.74) is 1.79. The molecule has 0 bridgehead atoms. The van der Waals surface area contributed by atoms with Crippen LogP contribution >= 0.6 is 0 Å². The number of likely N-dealkylation sites (tertiary alicyclic amines) is 1. The molecule has 166 valence electrons. The molecule has 1 N–H and O–H groups in total. The van der Waals surface area contributed by atoms with Crippen molar-refractivity contribution in [2.24, 2.45) is 17.8 Å². The van der Waals surface area contributed by atoms with E-state index in [1.807, 2.05) is 13.0 Å². The molecule has 1 aliphatic carbocycles. The number of carbonyl (C=O) groups is 1. The second kappa shape index (κ2) is 11.9. The van der Waals surface area contributed by atoms with E-state index in [1.54, 1.807) is 13.2 Å². The highest BCUT2D eigenvalue weighted by Crippen LogP contribution is 2.36. The first-order valence-electron chi connectivity index (χ1n) is 11.0. The molecule has 0 aromatic carbocycles.